The highest BCUT2D eigenvalue weighted by atomic mass is 16.3. The molecule has 1 heterocycles. The Morgan fingerprint density at radius 1 is 1.50 bits per heavy atom. The molecule has 2 nitrogen and oxygen atoms in total. The summed E-state index contributed by atoms with van der Waals surface area (Å²) < 4.78 is 5.29. The van der Waals surface area contributed by atoms with Crippen molar-refractivity contribution in [2.75, 3.05) is 0 Å². The van der Waals surface area contributed by atoms with Crippen LogP contribution in [0, 0.1) is 0 Å². The Kier molecular flexibility index (Phi) is 1.50. The zero-order valence-corrected chi connectivity index (χ0v) is 6.45. The number of aromatic nitrogens is 1. The van der Waals surface area contributed by atoms with Gasteiger partial charge < -0.3 is 4.42 Å². The largest absolute Gasteiger partial charge is 0.437 e. The van der Waals surface area contributed by atoms with Crippen molar-refractivity contribution < 1.29 is 4.42 Å². The molecule has 2 aromatic rings. The molecule has 56 valence electrons. The molecule has 0 spiro atoms. The molecule has 2 radical (unpaired) electrons. The molecule has 1 aromatic heterocycles. The molecule has 0 saturated heterocycles. The normalized spacial score (nSPS) is 10.3. The van der Waals surface area contributed by atoms with Crippen molar-refractivity contribution in [2.24, 2.45) is 0 Å². The Bertz CT molecular complexity index is 433. The van der Waals surface area contributed by atoms with Crippen molar-refractivity contribution in [3.05, 3.63) is 30.7 Å². The zero-order valence-electron chi connectivity index (χ0n) is 6.45. The van der Waals surface area contributed by atoms with E-state index in [2.05, 4.69) is 11.6 Å². The van der Waals surface area contributed by atoms with Crippen LogP contribution in [0.1, 0.15) is 5.89 Å². The number of benzene rings is 1. The third-order valence-electron chi connectivity index (χ3n) is 1.60. The van der Waals surface area contributed by atoms with Gasteiger partial charge in [-0.25, -0.2) is 4.98 Å². The summed E-state index contributed by atoms with van der Waals surface area (Å²) in [6.45, 7) is 3.56. The molecule has 3 heteroatoms. The first kappa shape index (κ1) is 7.16. The van der Waals surface area contributed by atoms with Crippen molar-refractivity contribution in [3.8, 4) is 0 Å². The monoisotopic (exact) mass is 155 g/mol. The van der Waals surface area contributed by atoms with Crippen LogP contribution in [0.25, 0.3) is 17.2 Å². The Hall–Kier alpha value is -1.51. The molecular weight excluding hydrogens is 149 g/mol. The number of oxazole rings is 1. The van der Waals surface area contributed by atoms with E-state index in [1.165, 1.54) is 0 Å². The minimum atomic E-state index is 0.524. The lowest BCUT2D eigenvalue weighted by atomic mass is 9.96. The van der Waals surface area contributed by atoms with E-state index in [9.17, 15) is 0 Å². The molecule has 0 aliphatic rings. The molecule has 0 aliphatic carbocycles. The van der Waals surface area contributed by atoms with Crippen molar-refractivity contribution in [1.82, 2.24) is 4.98 Å². The predicted molar refractivity (Wildman–Crippen MR) is 49.5 cm³/mol. The molecule has 0 saturated carbocycles. The van der Waals surface area contributed by atoms with Crippen molar-refractivity contribution in [1.29, 1.82) is 0 Å². The molecular formula is C9H6BNO. The van der Waals surface area contributed by atoms with Crippen molar-refractivity contribution in [2.45, 2.75) is 0 Å². The van der Waals surface area contributed by atoms with Gasteiger partial charge in [0, 0.05) is 0 Å². The molecule has 0 N–H and O–H groups in total. The summed E-state index contributed by atoms with van der Waals surface area (Å²) in [7, 11) is 5.57. The molecule has 0 aliphatic heterocycles. The molecule has 2 rings (SSSR count). The molecule has 0 atom stereocenters. The van der Waals surface area contributed by atoms with E-state index in [-0.39, 0.29) is 0 Å². The lowest BCUT2D eigenvalue weighted by Crippen LogP contribution is -1.98. The molecule has 0 unspecified atom stereocenters. The average molecular weight is 155 g/mol. The van der Waals surface area contributed by atoms with Gasteiger partial charge in [-0.15, -0.1) is 0 Å². The Balaban J connectivity index is 2.75. The SMILES string of the molecule is [B]c1ccc2oc(C=C)nc2c1. The van der Waals surface area contributed by atoms with Gasteiger partial charge in [0.1, 0.15) is 13.4 Å². The van der Waals surface area contributed by atoms with E-state index in [4.69, 9.17) is 12.3 Å². The predicted octanol–water partition coefficient (Wildman–Crippen LogP) is 1.26. The fourth-order valence-electron chi connectivity index (χ4n) is 1.05. The maximum Gasteiger partial charge on any atom is 0.219 e. The lowest BCUT2D eigenvalue weighted by molar-refractivity contribution is 0.589. The highest BCUT2D eigenvalue weighted by Crippen LogP contribution is 2.13. The topological polar surface area (TPSA) is 26.0 Å². The van der Waals surface area contributed by atoms with Crippen LogP contribution in [0.2, 0.25) is 0 Å². The van der Waals surface area contributed by atoms with E-state index in [1.54, 1.807) is 24.3 Å². The molecule has 1 aromatic carbocycles. The summed E-state index contributed by atoms with van der Waals surface area (Å²) >= 11 is 0. The first-order valence-corrected chi connectivity index (χ1v) is 3.58. The fourth-order valence-corrected chi connectivity index (χ4v) is 1.05. The van der Waals surface area contributed by atoms with Crippen LogP contribution in [0.3, 0.4) is 0 Å². The van der Waals surface area contributed by atoms with Gasteiger partial charge in [0.2, 0.25) is 5.89 Å². The Morgan fingerprint density at radius 2 is 2.33 bits per heavy atom. The second kappa shape index (κ2) is 2.52. The van der Waals surface area contributed by atoms with E-state index in [1.807, 2.05) is 0 Å². The molecule has 12 heavy (non-hydrogen) atoms. The van der Waals surface area contributed by atoms with Gasteiger partial charge in [-0.3, -0.25) is 0 Å². The van der Waals surface area contributed by atoms with Crippen LogP contribution in [0.5, 0.6) is 0 Å². The minimum Gasteiger partial charge on any atom is -0.437 e. The van der Waals surface area contributed by atoms with E-state index in [0.717, 1.165) is 11.1 Å². The average Bonchev–Trinajstić information content (AvgIpc) is 2.46. The Labute approximate surface area is 71.3 Å². The summed E-state index contributed by atoms with van der Waals surface area (Å²) in [5, 5.41) is 0. The van der Waals surface area contributed by atoms with Gasteiger partial charge in [0.25, 0.3) is 0 Å². The van der Waals surface area contributed by atoms with Gasteiger partial charge >= 0.3 is 0 Å². The number of hydrogen-bond acceptors (Lipinski definition) is 2. The Morgan fingerprint density at radius 3 is 3.08 bits per heavy atom. The highest BCUT2D eigenvalue weighted by Gasteiger charge is 2.00. The lowest BCUT2D eigenvalue weighted by Gasteiger charge is -1.87. The quantitative estimate of drug-likeness (QED) is 0.579. The summed E-state index contributed by atoms with van der Waals surface area (Å²) in [4.78, 5) is 4.13. The van der Waals surface area contributed by atoms with Gasteiger partial charge in [0.05, 0.1) is 0 Å². The maximum absolute atomic E-state index is 5.57. The van der Waals surface area contributed by atoms with E-state index >= 15 is 0 Å². The van der Waals surface area contributed by atoms with Gasteiger partial charge in [-0.1, -0.05) is 18.1 Å². The van der Waals surface area contributed by atoms with Crippen LogP contribution in [-0.4, -0.2) is 12.8 Å². The van der Waals surface area contributed by atoms with Crippen LogP contribution >= 0.6 is 0 Å². The van der Waals surface area contributed by atoms with Crippen LogP contribution in [0.15, 0.2) is 29.2 Å². The van der Waals surface area contributed by atoms with Crippen LogP contribution in [-0.2, 0) is 0 Å². The summed E-state index contributed by atoms with van der Waals surface area (Å²) in [5.41, 5.74) is 2.19. The number of nitrogens with zero attached hydrogens (tertiary/aromatic N) is 1. The molecule has 0 fully saturated rings. The third kappa shape index (κ3) is 1.03. The van der Waals surface area contributed by atoms with E-state index in [0.29, 0.717) is 11.4 Å². The third-order valence-corrected chi connectivity index (χ3v) is 1.60. The number of hydrogen-bond donors (Lipinski definition) is 0. The fraction of sp³-hybridized carbons (Fsp3) is 0. The first-order chi connectivity index (χ1) is 5.79. The van der Waals surface area contributed by atoms with Crippen molar-refractivity contribution in [3.63, 3.8) is 0 Å². The zero-order chi connectivity index (χ0) is 8.55. The van der Waals surface area contributed by atoms with Crippen LogP contribution < -0.4 is 5.46 Å². The number of rotatable bonds is 1. The summed E-state index contributed by atoms with van der Waals surface area (Å²) in [6, 6.07) is 5.34. The summed E-state index contributed by atoms with van der Waals surface area (Å²) in [6.07, 6.45) is 1.57. The second-order valence-corrected chi connectivity index (χ2v) is 2.48. The minimum absolute atomic E-state index is 0.524. The molecule has 0 amide bonds. The summed E-state index contributed by atoms with van der Waals surface area (Å²) in [5.74, 6) is 0.524. The van der Waals surface area contributed by atoms with Gasteiger partial charge in [-0.05, 0) is 18.2 Å². The van der Waals surface area contributed by atoms with Gasteiger partial charge in [0.15, 0.2) is 5.58 Å². The maximum atomic E-state index is 5.57. The van der Waals surface area contributed by atoms with Gasteiger partial charge in [-0.2, -0.15) is 0 Å². The second-order valence-electron chi connectivity index (χ2n) is 2.48. The first-order valence-electron chi connectivity index (χ1n) is 3.58. The smallest absolute Gasteiger partial charge is 0.219 e. The standard InChI is InChI=1S/C9H6BNO/c1-2-9-11-7-5-6(10)3-4-8(7)12-9/h2-5H,1H2. The van der Waals surface area contributed by atoms with E-state index < -0.39 is 0 Å². The molecule has 0 bridgehead atoms. The van der Waals surface area contributed by atoms with Crippen LogP contribution in [0.4, 0.5) is 0 Å². The van der Waals surface area contributed by atoms with Crippen molar-refractivity contribution >= 4 is 30.5 Å². The highest BCUT2D eigenvalue weighted by molar-refractivity contribution is 6.33. The number of fused-ring (bicyclic) bond motifs is 1.